The molecule has 1 unspecified atom stereocenters. The van der Waals surface area contributed by atoms with E-state index >= 15 is 0 Å². The van der Waals surface area contributed by atoms with E-state index in [1.807, 2.05) is 6.92 Å². The number of halogens is 1. The van der Waals surface area contributed by atoms with Crippen molar-refractivity contribution in [2.24, 2.45) is 0 Å². The maximum Gasteiger partial charge on any atom is 0.338 e. The standard InChI is InChI=1S/C16H18FN5O2/c1-3-4-8-24-15(23)13-10(2)18-16-19-20-21-22(16)14(13)11-6-5-7-12(17)9-11/h5-7,9,14H,3-4,8H2,1-2H3,(H,18,19,21). The van der Waals surface area contributed by atoms with Crippen LogP contribution in [0.2, 0.25) is 0 Å². The van der Waals surface area contributed by atoms with Gasteiger partial charge in [-0.15, -0.1) is 0 Å². The molecule has 1 atom stereocenters. The number of unbranched alkanes of at least 4 members (excludes halogenated alkanes) is 1. The smallest absolute Gasteiger partial charge is 0.338 e. The topological polar surface area (TPSA) is 81.9 Å². The molecule has 0 aliphatic carbocycles. The van der Waals surface area contributed by atoms with Crippen molar-refractivity contribution in [2.45, 2.75) is 32.7 Å². The molecule has 24 heavy (non-hydrogen) atoms. The normalized spacial score (nSPS) is 16.5. The highest BCUT2D eigenvalue weighted by Gasteiger charge is 2.35. The number of nitrogens with one attached hydrogen (secondary N) is 1. The zero-order chi connectivity index (χ0) is 17.1. The summed E-state index contributed by atoms with van der Waals surface area (Å²) in [5.74, 6) is -0.451. The number of allylic oxidation sites excluding steroid dienone is 1. The van der Waals surface area contributed by atoms with E-state index in [2.05, 4.69) is 20.8 Å². The van der Waals surface area contributed by atoms with Crippen LogP contribution in [-0.4, -0.2) is 32.8 Å². The van der Waals surface area contributed by atoms with Gasteiger partial charge in [0.15, 0.2) is 0 Å². The number of nitrogens with zero attached hydrogens (tertiary/aromatic N) is 4. The van der Waals surface area contributed by atoms with Crippen molar-refractivity contribution in [2.75, 3.05) is 11.9 Å². The lowest BCUT2D eigenvalue weighted by Gasteiger charge is -2.27. The van der Waals surface area contributed by atoms with Gasteiger partial charge in [0, 0.05) is 5.70 Å². The highest BCUT2D eigenvalue weighted by atomic mass is 19.1. The van der Waals surface area contributed by atoms with Crippen LogP contribution >= 0.6 is 0 Å². The Labute approximate surface area is 138 Å². The van der Waals surface area contributed by atoms with Crippen molar-refractivity contribution in [1.29, 1.82) is 0 Å². The second-order valence-electron chi connectivity index (χ2n) is 5.56. The molecule has 0 spiro atoms. The number of aromatic nitrogens is 4. The summed E-state index contributed by atoms with van der Waals surface area (Å²) in [7, 11) is 0. The molecule has 0 saturated heterocycles. The van der Waals surface area contributed by atoms with E-state index in [4.69, 9.17) is 4.74 Å². The number of hydrogen-bond acceptors (Lipinski definition) is 6. The molecule has 0 bridgehead atoms. The summed E-state index contributed by atoms with van der Waals surface area (Å²) < 4.78 is 20.5. The van der Waals surface area contributed by atoms with Gasteiger partial charge in [0.2, 0.25) is 5.95 Å². The largest absolute Gasteiger partial charge is 0.462 e. The molecule has 0 saturated carbocycles. The van der Waals surface area contributed by atoms with E-state index in [0.29, 0.717) is 29.4 Å². The maximum absolute atomic E-state index is 13.7. The van der Waals surface area contributed by atoms with Crippen LogP contribution < -0.4 is 5.32 Å². The third kappa shape index (κ3) is 2.99. The summed E-state index contributed by atoms with van der Waals surface area (Å²) in [6.45, 7) is 4.11. The van der Waals surface area contributed by atoms with Crippen LogP contribution in [0, 0.1) is 5.82 Å². The van der Waals surface area contributed by atoms with Crippen molar-refractivity contribution < 1.29 is 13.9 Å². The number of rotatable bonds is 5. The first-order chi connectivity index (χ1) is 11.6. The molecule has 1 aliphatic heterocycles. The number of esters is 1. The minimum atomic E-state index is -0.638. The quantitative estimate of drug-likeness (QED) is 0.669. The molecule has 1 aliphatic rings. The highest BCUT2D eigenvalue weighted by Crippen LogP contribution is 2.34. The number of carbonyl (C=O) groups is 1. The predicted molar refractivity (Wildman–Crippen MR) is 84.5 cm³/mol. The molecular formula is C16H18FN5O2. The zero-order valence-electron chi connectivity index (χ0n) is 13.5. The van der Waals surface area contributed by atoms with Crippen LogP contribution in [0.25, 0.3) is 0 Å². The van der Waals surface area contributed by atoms with Gasteiger partial charge in [-0.25, -0.2) is 9.18 Å². The molecule has 126 valence electrons. The molecule has 8 heteroatoms. The van der Waals surface area contributed by atoms with E-state index in [9.17, 15) is 9.18 Å². The Bertz CT molecular complexity index is 786. The molecule has 1 aromatic heterocycles. The molecule has 7 nitrogen and oxygen atoms in total. The van der Waals surface area contributed by atoms with Crippen molar-refractivity contribution in [3.05, 3.63) is 46.9 Å². The lowest BCUT2D eigenvalue weighted by atomic mass is 9.96. The molecule has 0 radical (unpaired) electrons. The van der Waals surface area contributed by atoms with Gasteiger partial charge < -0.3 is 10.1 Å². The predicted octanol–water partition coefficient (Wildman–Crippen LogP) is 2.44. The number of hydrogen-bond donors (Lipinski definition) is 1. The second-order valence-corrected chi connectivity index (χ2v) is 5.56. The number of benzene rings is 1. The average molecular weight is 331 g/mol. The summed E-state index contributed by atoms with van der Waals surface area (Å²) in [5, 5.41) is 14.4. The number of fused-ring (bicyclic) bond motifs is 1. The molecule has 2 aromatic rings. The molecule has 0 fully saturated rings. The molecule has 2 heterocycles. The van der Waals surface area contributed by atoms with Gasteiger partial charge in [-0.05, 0) is 41.5 Å². The fraction of sp³-hybridized carbons (Fsp3) is 0.375. The van der Waals surface area contributed by atoms with Gasteiger partial charge in [0.1, 0.15) is 11.9 Å². The van der Waals surface area contributed by atoms with Crippen LogP contribution in [0.1, 0.15) is 38.3 Å². The van der Waals surface area contributed by atoms with Crippen LogP contribution in [0.5, 0.6) is 0 Å². The lowest BCUT2D eigenvalue weighted by molar-refractivity contribution is -0.139. The summed E-state index contributed by atoms with van der Waals surface area (Å²) in [6.07, 6.45) is 1.71. The summed E-state index contributed by atoms with van der Waals surface area (Å²) >= 11 is 0. The van der Waals surface area contributed by atoms with Crippen molar-refractivity contribution >= 4 is 11.9 Å². The minimum absolute atomic E-state index is 0.338. The Morgan fingerprint density at radius 2 is 2.29 bits per heavy atom. The Kier molecular flexibility index (Phi) is 4.54. The number of tetrazole rings is 1. The van der Waals surface area contributed by atoms with Crippen molar-refractivity contribution in [3.63, 3.8) is 0 Å². The SMILES string of the molecule is CCCCOC(=O)C1=C(C)Nc2nnnn2C1c1cccc(F)c1. The molecule has 0 amide bonds. The second kappa shape index (κ2) is 6.77. The van der Waals surface area contributed by atoms with Gasteiger partial charge in [-0.2, -0.15) is 4.68 Å². The molecule has 3 rings (SSSR count). The number of carbonyl (C=O) groups excluding carboxylic acids is 1. The number of anilines is 1. The highest BCUT2D eigenvalue weighted by molar-refractivity contribution is 5.92. The van der Waals surface area contributed by atoms with Gasteiger partial charge in [-0.1, -0.05) is 30.6 Å². The van der Waals surface area contributed by atoms with Crippen LogP contribution in [-0.2, 0) is 9.53 Å². The lowest BCUT2D eigenvalue weighted by Crippen LogP contribution is -2.30. The third-order valence-corrected chi connectivity index (χ3v) is 3.83. The van der Waals surface area contributed by atoms with E-state index in [1.54, 1.807) is 19.1 Å². The fourth-order valence-electron chi connectivity index (χ4n) is 2.65. The summed E-state index contributed by atoms with van der Waals surface area (Å²) in [6, 6.07) is 5.40. The first-order valence-corrected chi connectivity index (χ1v) is 7.80. The Balaban J connectivity index is 2.02. The Morgan fingerprint density at radius 3 is 3.04 bits per heavy atom. The first kappa shape index (κ1) is 16.1. The van der Waals surface area contributed by atoms with E-state index in [-0.39, 0.29) is 0 Å². The van der Waals surface area contributed by atoms with Crippen molar-refractivity contribution in [1.82, 2.24) is 20.2 Å². The summed E-state index contributed by atoms with van der Waals surface area (Å²) in [4.78, 5) is 12.6. The van der Waals surface area contributed by atoms with E-state index < -0.39 is 17.8 Å². The average Bonchev–Trinajstić information content (AvgIpc) is 3.01. The van der Waals surface area contributed by atoms with E-state index in [0.717, 1.165) is 12.8 Å². The fourth-order valence-corrected chi connectivity index (χ4v) is 2.65. The van der Waals surface area contributed by atoms with Crippen LogP contribution in [0.3, 0.4) is 0 Å². The molecular weight excluding hydrogens is 313 g/mol. The molecule has 1 N–H and O–H groups in total. The van der Waals surface area contributed by atoms with Crippen LogP contribution in [0.4, 0.5) is 10.3 Å². The minimum Gasteiger partial charge on any atom is -0.462 e. The third-order valence-electron chi connectivity index (χ3n) is 3.83. The van der Waals surface area contributed by atoms with E-state index in [1.165, 1.54) is 16.8 Å². The molecule has 1 aromatic carbocycles. The first-order valence-electron chi connectivity index (χ1n) is 7.80. The number of ether oxygens (including phenoxy) is 1. The van der Waals surface area contributed by atoms with Crippen molar-refractivity contribution in [3.8, 4) is 0 Å². The maximum atomic E-state index is 13.7. The van der Waals surface area contributed by atoms with Crippen LogP contribution in [0.15, 0.2) is 35.5 Å². The van der Waals surface area contributed by atoms with Gasteiger partial charge in [0.05, 0.1) is 12.2 Å². The van der Waals surface area contributed by atoms with Gasteiger partial charge in [0.25, 0.3) is 0 Å². The zero-order valence-corrected chi connectivity index (χ0v) is 13.5. The van der Waals surface area contributed by atoms with Gasteiger partial charge in [-0.3, -0.25) is 0 Å². The monoisotopic (exact) mass is 331 g/mol. The van der Waals surface area contributed by atoms with Gasteiger partial charge >= 0.3 is 5.97 Å². The Hall–Kier alpha value is -2.77. The Morgan fingerprint density at radius 1 is 1.46 bits per heavy atom. The summed E-state index contributed by atoms with van der Waals surface area (Å²) in [5.41, 5.74) is 1.54.